The van der Waals surface area contributed by atoms with Gasteiger partial charge in [0.2, 0.25) is 0 Å². The molecule has 0 radical (unpaired) electrons. The molecule has 1 rings (SSSR count). The van der Waals surface area contributed by atoms with Crippen LogP contribution in [0.15, 0.2) is 23.4 Å². The molecule has 0 aliphatic heterocycles. The molecule has 1 unspecified atom stereocenters. The molecule has 11 heavy (non-hydrogen) atoms. The van der Waals surface area contributed by atoms with E-state index in [1.54, 1.807) is 7.11 Å². The van der Waals surface area contributed by atoms with E-state index in [-0.39, 0.29) is 5.60 Å². The summed E-state index contributed by atoms with van der Waals surface area (Å²) in [5.74, 6) is 0. The molecule has 2 heteroatoms. The summed E-state index contributed by atoms with van der Waals surface area (Å²) in [6.45, 7) is 4.12. The van der Waals surface area contributed by atoms with E-state index in [9.17, 15) is 0 Å². The maximum Gasteiger partial charge on any atom is 0.0914 e. The Labute approximate surface area is 67.7 Å². The van der Waals surface area contributed by atoms with Crippen LogP contribution in [-0.2, 0) is 4.74 Å². The molecule has 2 nitrogen and oxygen atoms in total. The van der Waals surface area contributed by atoms with Crippen LogP contribution in [0.5, 0.6) is 0 Å². The Bertz CT molecular complexity index is 218. The fraction of sp³-hybridized carbons (Fsp3) is 0.556. The first kappa shape index (κ1) is 8.34. The highest BCUT2D eigenvalue weighted by Gasteiger charge is 2.28. The largest absolute Gasteiger partial charge is 0.402 e. The first-order chi connectivity index (χ1) is 5.08. The van der Waals surface area contributed by atoms with Gasteiger partial charge in [0.05, 0.1) is 5.60 Å². The highest BCUT2D eigenvalue weighted by molar-refractivity contribution is 5.29. The van der Waals surface area contributed by atoms with Crippen molar-refractivity contribution in [1.82, 2.24) is 0 Å². The van der Waals surface area contributed by atoms with Crippen LogP contribution in [0.4, 0.5) is 0 Å². The average Bonchev–Trinajstić information content (AvgIpc) is 1.98. The van der Waals surface area contributed by atoms with Gasteiger partial charge in [0.15, 0.2) is 0 Å². The lowest BCUT2D eigenvalue weighted by molar-refractivity contribution is 0.0372. The molecule has 1 aliphatic carbocycles. The molecule has 0 spiro atoms. The molecule has 0 aromatic rings. The second kappa shape index (κ2) is 2.70. The molecule has 1 atom stereocenters. The Morgan fingerprint density at radius 3 is 2.64 bits per heavy atom. The number of hydrogen-bond donors (Lipinski definition) is 1. The molecule has 0 aromatic carbocycles. The van der Waals surface area contributed by atoms with E-state index in [1.165, 1.54) is 5.57 Å². The Morgan fingerprint density at radius 1 is 1.55 bits per heavy atom. The van der Waals surface area contributed by atoms with Crippen LogP contribution in [0.1, 0.15) is 20.3 Å². The van der Waals surface area contributed by atoms with Crippen molar-refractivity contribution in [2.45, 2.75) is 25.9 Å². The summed E-state index contributed by atoms with van der Waals surface area (Å²) in [6.07, 6.45) is 4.75. The van der Waals surface area contributed by atoms with Crippen LogP contribution >= 0.6 is 0 Å². The van der Waals surface area contributed by atoms with Crippen molar-refractivity contribution in [3.05, 3.63) is 23.4 Å². The normalized spacial score (nSPS) is 31.2. The first-order valence-corrected chi connectivity index (χ1v) is 3.77. The lowest BCUT2D eigenvalue weighted by Crippen LogP contribution is -2.32. The quantitative estimate of drug-likeness (QED) is 0.620. The van der Waals surface area contributed by atoms with Gasteiger partial charge >= 0.3 is 0 Å². The van der Waals surface area contributed by atoms with Crippen molar-refractivity contribution in [2.75, 3.05) is 7.11 Å². The maximum absolute atomic E-state index is 5.68. The molecule has 0 bridgehead atoms. The lowest BCUT2D eigenvalue weighted by Gasteiger charge is -2.31. The van der Waals surface area contributed by atoms with E-state index in [0.717, 1.165) is 12.1 Å². The minimum atomic E-state index is -0.182. The molecule has 0 saturated heterocycles. The monoisotopic (exact) mass is 153 g/mol. The van der Waals surface area contributed by atoms with E-state index in [2.05, 4.69) is 13.8 Å². The Morgan fingerprint density at radius 2 is 2.18 bits per heavy atom. The second-order valence-electron chi connectivity index (χ2n) is 3.20. The predicted molar refractivity (Wildman–Crippen MR) is 46.1 cm³/mol. The van der Waals surface area contributed by atoms with E-state index < -0.39 is 0 Å². The number of allylic oxidation sites excluding steroid dienone is 2. The minimum Gasteiger partial charge on any atom is -0.402 e. The lowest BCUT2D eigenvalue weighted by atomic mass is 9.88. The van der Waals surface area contributed by atoms with Crippen molar-refractivity contribution in [1.29, 1.82) is 0 Å². The molecule has 62 valence electrons. The zero-order chi connectivity index (χ0) is 8.48. The van der Waals surface area contributed by atoms with Gasteiger partial charge in [-0.2, -0.15) is 0 Å². The second-order valence-corrected chi connectivity index (χ2v) is 3.20. The topological polar surface area (TPSA) is 35.2 Å². The van der Waals surface area contributed by atoms with Crippen molar-refractivity contribution in [3.8, 4) is 0 Å². The number of nitrogens with two attached hydrogens (primary N) is 1. The van der Waals surface area contributed by atoms with Crippen molar-refractivity contribution < 1.29 is 4.74 Å². The van der Waals surface area contributed by atoms with E-state index >= 15 is 0 Å². The summed E-state index contributed by atoms with van der Waals surface area (Å²) < 4.78 is 5.37. The SMILES string of the molecule is COC1(C)CC(N)=CC=C1C. The van der Waals surface area contributed by atoms with Gasteiger partial charge in [0.1, 0.15) is 0 Å². The summed E-state index contributed by atoms with van der Waals surface area (Å²) in [5.41, 5.74) is 7.62. The third kappa shape index (κ3) is 1.46. The molecule has 1 aliphatic rings. The van der Waals surface area contributed by atoms with E-state index in [0.29, 0.717) is 0 Å². The third-order valence-electron chi connectivity index (χ3n) is 2.37. The van der Waals surface area contributed by atoms with Crippen LogP contribution in [-0.4, -0.2) is 12.7 Å². The van der Waals surface area contributed by atoms with Gasteiger partial charge in [-0.15, -0.1) is 0 Å². The number of ether oxygens (including phenoxy) is 1. The van der Waals surface area contributed by atoms with Gasteiger partial charge in [0.25, 0.3) is 0 Å². The predicted octanol–water partition coefficient (Wildman–Crippen LogP) is 1.58. The van der Waals surface area contributed by atoms with E-state index in [4.69, 9.17) is 10.5 Å². The van der Waals surface area contributed by atoms with Gasteiger partial charge in [-0.1, -0.05) is 6.08 Å². The molecule has 2 N–H and O–H groups in total. The van der Waals surface area contributed by atoms with Crippen LogP contribution in [0, 0.1) is 0 Å². The molecule has 0 amide bonds. The highest BCUT2D eigenvalue weighted by Crippen LogP contribution is 2.29. The summed E-state index contributed by atoms with van der Waals surface area (Å²) >= 11 is 0. The Balaban J connectivity index is 2.89. The molecule has 0 aromatic heterocycles. The van der Waals surface area contributed by atoms with Crippen molar-refractivity contribution in [3.63, 3.8) is 0 Å². The number of methoxy groups -OCH3 is 1. The van der Waals surface area contributed by atoms with Gasteiger partial charge in [-0.25, -0.2) is 0 Å². The maximum atomic E-state index is 5.68. The zero-order valence-corrected chi connectivity index (χ0v) is 7.35. The fourth-order valence-electron chi connectivity index (χ4n) is 1.23. The van der Waals surface area contributed by atoms with Gasteiger partial charge in [0, 0.05) is 19.2 Å². The van der Waals surface area contributed by atoms with Crippen LogP contribution in [0.25, 0.3) is 0 Å². The van der Waals surface area contributed by atoms with Crippen LogP contribution < -0.4 is 5.73 Å². The van der Waals surface area contributed by atoms with Gasteiger partial charge < -0.3 is 10.5 Å². The molecule has 0 fully saturated rings. The molecule has 0 saturated carbocycles. The Hall–Kier alpha value is -0.760. The van der Waals surface area contributed by atoms with Crippen LogP contribution in [0.3, 0.4) is 0 Å². The molecular formula is C9H15NO. The summed E-state index contributed by atoms with van der Waals surface area (Å²) in [5, 5.41) is 0. The first-order valence-electron chi connectivity index (χ1n) is 3.77. The average molecular weight is 153 g/mol. The summed E-state index contributed by atoms with van der Waals surface area (Å²) in [4.78, 5) is 0. The third-order valence-corrected chi connectivity index (χ3v) is 2.37. The van der Waals surface area contributed by atoms with Gasteiger partial charge in [-0.3, -0.25) is 0 Å². The molecule has 0 heterocycles. The van der Waals surface area contributed by atoms with Crippen LogP contribution in [0.2, 0.25) is 0 Å². The number of rotatable bonds is 1. The standard InChI is InChI=1S/C9H15NO/c1-7-4-5-8(10)6-9(7,2)11-3/h4-5H,6,10H2,1-3H3. The number of hydrogen-bond acceptors (Lipinski definition) is 2. The minimum absolute atomic E-state index is 0.182. The Kier molecular flexibility index (Phi) is 2.05. The smallest absolute Gasteiger partial charge is 0.0914 e. The summed E-state index contributed by atoms with van der Waals surface area (Å²) in [6, 6.07) is 0. The van der Waals surface area contributed by atoms with Crippen molar-refractivity contribution >= 4 is 0 Å². The van der Waals surface area contributed by atoms with E-state index in [1.807, 2.05) is 12.2 Å². The molecular weight excluding hydrogens is 138 g/mol. The fourth-order valence-corrected chi connectivity index (χ4v) is 1.23. The van der Waals surface area contributed by atoms with Gasteiger partial charge in [-0.05, 0) is 25.5 Å². The van der Waals surface area contributed by atoms with Crippen molar-refractivity contribution in [2.24, 2.45) is 5.73 Å². The summed E-state index contributed by atoms with van der Waals surface area (Å²) in [7, 11) is 1.72. The highest BCUT2D eigenvalue weighted by atomic mass is 16.5. The zero-order valence-electron chi connectivity index (χ0n) is 7.35.